The topological polar surface area (TPSA) is 87.4 Å². The number of benzene rings is 1. The average Bonchev–Trinajstić information content (AvgIpc) is 3.41. The van der Waals surface area contributed by atoms with Crippen molar-refractivity contribution >= 4 is 46.6 Å². The van der Waals surface area contributed by atoms with Crippen LogP contribution in [0.3, 0.4) is 0 Å². The Bertz CT molecular complexity index is 1140. The van der Waals surface area contributed by atoms with Gasteiger partial charge in [0.2, 0.25) is 5.75 Å². The van der Waals surface area contributed by atoms with Gasteiger partial charge in [0.1, 0.15) is 11.5 Å². The molecule has 39 heavy (non-hydrogen) atoms. The highest BCUT2D eigenvalue weighted by atomic mass is 32.2. The third-order valence-electron chi connectivity index (χ3n) is 6.48. The number of carbonyl (C=O) groups excluding carboxylic acids is 2. The molecule has 1 amide bonds. The van der Waals surface area contributed by atoms with Crippen LogP contribution >= 0.6 is 24.0 Å². The lowest BCUT2D eigenvalue weighted by Crippen LogP contribution is -2.36. The summed E-state index contributed by atoms with van der Waals surface area (Å²) < 4.78 is 29.1. The van der Waals surface area contributed by atoms with Crippen molar-refractivity contribution in [1.29, 1.82) is 0 Å². The molecular weight excluding hydrogens is 538 g/mol. The van der Waals surface area contributed by atoms with Gasteiger partial charge in [0, 0.05) is 29.4 Å². The third kappa shape index (κ3) is 9.03. The zero-order chi connectivity index (χ0) is 28.9. The fraction of sp³-hybridized carbons (Fsp3) is 0.483. The minimum Gasteiger partial charge on any atom is -0.493 e. The molecule has 10 heteroatoms. The molecule has 214 valence electrons. The lowest BCUT2D eigenvalue weighted by Gasteiger charge is -2.28. The van der Waals surface area contributed by atoms with E-state index in [0.29, 0.717) is 45.2 Å². The molecular formula is C29H39NO7S2. The van der Waals surface area contributed by atoms with E-state index in [0.717, 1.165) is 19.3 Å². The summed E-state index contributed by atoms with van der Waals surface area (Å²) in [5.41, 5.74) is 0.637. The first kappa shape index (κ1) is 32.2. The van der Waals surface area contributed by atoms with Gasteiger partial charge in [0.15, 0.2) is 18.1 Å². The molecule has 8 nitrogen and oxygen atoms in total. The van der Waals surface area contributed by atoms with Gasteiger partial charge in [-0.2, -0.15) is 0 Å². The molecule has 0 N–H and O–H groups in total. The molecule has 2 aromatic rings. The highest BCUT2D eigenvalue weighted by Crippen LogP contribution is 2.42. The Morgan fingerprint density at radius 2 is 1.79 bits per heavy atom. The first-order valence-corrected chi connectivity index (χ1v) is 14.3. The number of hydrogen-bond acceptors (Lipinski definition) is 9. The Morgan fingerprint density at radius 3 is 2.38 bits per heavy atom. The van der Waals surface area contributed by atoms with E-state index in [1.807, 2.05) is 7.05 Å². The summed E-state index contributed by atoms with van der Waals surface area (Å²) in [7, 11) is 4.82. The van der Waals surface area contributed by atoms with Crippen LogP contribution in [0.2, 0.25) is 0 Å². The molecule has 0 saturated heterocycles. The molecule has 1 atom stereocenters. The number of carbonyl (C=O) groups is 2. The monoisotopic (exact) mass is 577 g/mol. The quantitative estimate of drug-likeness (QED) is 0.124. The second-order valence-electron chi connectivity index (χ2n) is 8.91. The van der Waals surface area contributed by atoms with E-state index in [2.05, 4.69) is 20.8 Å². The number of thiocarbonyl (C=S) groups is 1. The molecule has 1 aromatic heterocycles. The van der Waals surface area contributed by atoms with E-state index >= 15 is 0 Å². The van der Waals surface area contributed by atoms with Crippen molar-refractivity contribution in [1.82, 2.24) is 4.90 Å². The number of methoxy groups -OCH3 is 2. The van der Waals surface area contributed by atoms with Gasteiger partial charge < -0.3 is 28.3 Å². The van der Waals surface area contributed by atoms with E-state index in [1.165, 1.54) is 30.7 Å². The number of hydrogen-bond donors (Lipinski definition) is 0. The van der Waals surface area contributed by atoms with Gasteiger partial charge in [0.25, 0.3) is 5.91 Å². The van der Waals surface area contributed by atoms with Gasteiger partial charge in [-0.15, -0.1) is 0 Å². The van der Waals surface area contributed by atoms with Gasteiger partial charge in [-0.05, 0) is 50.5 Å². The fourth-order valence-electron chi connectivity index (χ4n) is 4.07. The smallest absolute Gasteiger partial charge is 0.344 e. The highest BCUT2D eigenvalue weighted by Gasteiger charge is 2.23. The van der Waals surface area contributed by atoms with Crippen LogP contribution in [-0.2, 0) is 14.3 Å². The maximum atomic E-state index is 13.3. The molecule has 0 spiro atoms. The summed E-state index contributed by atoms with van der Waals surface area (Å²) in [5, 5.41) is 0. The maximum absolute atomic E-state index is 13.3. The average molecular weight is 578 g/mol. The number of amides is 1. The van der Waals surface area contributed by atoms with Crippen LogP contribution in [-0.4, -0.2) is 62.0 Å². The zero-order valence-corrected chi connectivity index (χ0v) is 25.4. The Balaban J connectivity index is 2.35. The van der Waals surface area contributed by atoms with E-state index in [4.69, 9.17) is 35.6 Å². The molecule has 0 bridgehead atoms. The molecule has 1 heterocycles. The van der Waals surface area contributed by atoms with Crippen LogP contribution in [0.15, 0.2) is 33.6 Å². The second-order valence-corrected chi connectivity index (χ2v) is 10.4. The normalized spacial score (nSPS) is 12.2. The fourth-order valence-corrected chi connectivity index (χ4v) is 4.91. The lowest BCUT2D eigenvalue weighted by atomic mass is 9.95. The summed E-state index contributed by atoms with van der Waals surface area (Å²) in [6, 6.07) is 7.08. The van der Waals surface area contributed by atoms with E-state index in [9.17, 15) is 9.59 Å². The van der Waals surface area contributed by atoms with E-state index in [1.54, 1.807) is 42.2 Å². The standard InChI is InChI=1S/C29H39NO7S2/c1-8-20(9-2)13-19(4)30(5)29(32)26(39-18-38)16-22-11-12-23(37-22)21-14-24(33-6)28(34-7)25(15-21)36-17-27(31)35-10-3/h11-12,14-16,18-20H,8-10,13,17H2,1-7H3/b26-16-. The summed E-state index contributed by atoms with van der Waals surface area (Å²) >= 11 is 6.24. The van der Waals surface area contributed by atoms with Crippen molar-refractivity contribution in [2.24, 2.45) is 5.92 Å². The number of likely N-dealkylation sites (N-methyl/N-ethyl adjacent to an activating group) is 1. The second kappa shape index (κ2) is 16.2. The van der Waals surface area contributed by atoms with Gasteiger partial charge in [-0.1, -0.05) is 50.7 Å². The van der Waals surface area contributed by atoms with Crippen LogP contribution in [0.5, 0.6) is 17.2 Å². The summed E-state index contributed by atoms with van der Waals surface area (Å²) in [6.07, 6.45) is 4.80. The van der Waals surface area contributed by atoms with Crippen LogP contribution < -0.4 is 14.2 Å². The molecule has 0 aliphatic rings. The molecule has 1 aromatic carbocycles. The molecule has 0 aliphatic carbocycles. The van der Waals surface area contributed by atoms with Gasteiger partial charge >= 0.3 is 5.97 Å². The van der Waals surface area contributed by atoms with Crippen molar-refractivity contribution in [3.05, 3.63) is 34.9 Å². The van der Waals surface area contributed by atoms with Crippen molar-refractivity contribution in [2.45, 2.75) is 53.0 Å². The molecule has 0 aliphatic heterocycles. The van der Waals surface area contributed by atoms with Gasteiger partial charge in [-0.3, -0.25) is 4.79 Å². The van der Waals surface area contributed by atoms with Gasteiger partial charge in [-0.25, -0.2) is 4.79 Å². The number of esters is 1. The van der Waals surface area contributed by atoms with Crippen molar-refractivity contribution < 1.29 is 33.0 Å². The Kier molecular flexibility index (Phi) is 13.4. The minimum atomic E-state index is -0.498. The van der Waals surface area contributed by atoms with Gasteiger partial charge in [0.05, 0.1) is 25.7 Å². The predicted molar refractivity (Wildman–Crippen MR) is 160 cm³/mol. The molecule has 0 fully saturated rings. The van der Waals surface area contributed by atoms with Crippen LogP contribution in [0.25, 0.3) is 17.4 Å². The number of ether oxygens (including phenoxy) is 4. The minimum absolute atomic E-state index is 0.0866. The van der Waals surface area contributed by atoms with Crippen LogP contribution in [0.4, 0.5) is 0 Å². The first-order chi connectivity index (χ1) is 18.7. The number of furan rings is 1. The van der Waals surface area contributed by atoms with E-state index in [-0.39, 0.29) is 25.2 Å². The number of rotatable bonds is 16. The molecule has 0 radical (unpaired) electrons. The largest absolute Gasteiger partial charge is 0.493 e. The third-order valence-corrected chi connectivity index (χ3v) is 7.41. The zero-order valence-electron chi connectivity index (χ0n) is 23.8. The highest BCUT2D eigenvalue weighted by molar-refractivity contribution is 8.24. The molecule has 0 saturated carbocycles. The predicted octanol–water partition coefficient (Wildman–Crippen LogP) is 6.61. The SMILES string of the molecule is CCOC(=O)COc1cc(-c2ccc(/C=C(\SC=S)C(=O)N(C)C(C)CC(CC)CC)o2)cc(OC)c1OC. The van der Waals surface area contributed by atoms with Crippen LogP contribution in [0, 0.1) is 5.92 Å². The molecule has 1 unspecified atom stereocenters. The number of nitrogens with zero attached hydrogens (tertiary/aromatic N) is 1. The summed E-state index contributed by atoms with van der Waals surface area (Å²) in [5.74, 6) is 2.01. The Morgan fingerprint density at radius 1 is 1.10 bits per heavy atom. The lowest BCUT2D eigenvalue weighted by molar-refractivity contribution is -0.145. The molecule has 2 rings (SSSR count). The Labute approximate surface area is 241 Å². The van der Waals surface area contributed by atoms with Crippen molar-refractivity contribution in [3.8, 4) is 28.6 Å². The summed E-state index contributed by atoms with van der Waals surface area (Å²) in [4.78, 5) is 27.4. The van der Waals surface area contributed by atoms with Crippen molar-refractivity contribution in [2.75, 3.05) is 34.5 Å². The number of thioether (sulfide) groups is 1. The van der Waals surface area contributed by atoms with Crippen LogP contribution in [0.1, 0.15) is 52.7 Å². The summed E-state index contributed by atoms with van der Waals surface area (Å²) in [6.45, 7) is 8.12. The van der Waals surface area contributed by atoms with Crippen molar-refractivity contribution in [3.63, 3.8) is 0 Å². The maximum Gasteiger partial charge on any atom is 0.344 e. The first-order valence-electron chi connectivity index (χ1n) is 13.0. The Hall–Kier alpha value is -2.98. The van der Waals surface area contributed by atoms with E-state index < -0.39 is 5.97 Å².